The monoisotopic (exact) mass is 473 g/mol. The van der Waals surface area contributed by atoms with Crippen molar-refractivity contribution in [1.29, 1.82) is 5.26 Å². The molecule has 2 aromatic heterocycles. The number of nitriles is 1. The molecule has 10 heteroatoms. The quantitative estimate of drug-likeness (QED) is 0.600. The van der Waals surface area contributed by atoms with Gasteiger partial charge in [0.15, 0.2) is 0 Å². The zero-order valence-corrected chi connectivity index (χ0v) is 19.1. The molecule has 1 aromatic carbocycles. The van der Waals surface area contributed by atoms with Gasteiger partial charge < -0.3 is 29.0 Å². The van der Waals surface area contributed by atoms with Crippen LogP contribution < -0.4 is 24.7 Å². The molecule has 0 saturated carbocycles. The number of benzene rings is 1. The Morgan fingerprint density at radius 2 is 2.14 bits per heavy atom. The zero-order valence-electron chi connectivity index (χ0n) is 19.1. The number of aromatic amines is 1. The average Bonchev–Trinajstić information content (AvgIpc) is 3.35. The Bertz CT molecular complexity index is 1360. The maximum absolute atomic E-state index is 12.7. The third kappa shape index (κ3) is 4.48. The molecule has 4 heterocycles. The van der Waals surface area contributed by atoms with Crippen LogP contribution >= 0.6 is 0 Å². The number of likely N-dealkylation sites (tertiary alicyclic amines) is 1. The molecular weight excluding hydrogens is 450 g/mol. The van der Waals surface area contributed by atoms with Crippen molar-refractivity contribution in [3.63, 3.8) is 0 Å². The Labute approximate surface area is 201 Å². The van der Waals surface area contributed by atoms with Crippen LogP contribution in [0.2, 0.25) is 0 Å². The van der Waals surface area contributed by atoms with E-state index in [0.717, 1.165) is 11.4 Å². The lowest BCUT2D eigenvalue weighted by Crippen LogP contribution is -2.31. The molecule has 1 amide bonds. The number of H-pyrrole nitrogens is 1. The summed E-state index contributed by atoms with van der Waals surface area (Å²) in [5.74, 6) is 1.45. The van der Waals surface area contributed by atoms with Crippen LogP contribution in [0.4, 0.5) is 11.4 Å². The summed E-state index contributed by atoms with van der Waals surface area (Å²) in [5, 5.41) is 9.44. The van der Waals surface area contributed by atoms with E-state index >= 15 is 0 Å². The van der Waals surface area contributed by atoms with E-state index < -0.39 is 0 Å². The van der Waals surface area contributed by atoms with Gasteiger partial charge in [0.2, 0.25) is 11.4 Å². The normalized spacial score (nSPS) is 16.7. The number of nitrogens with one attached hydrogen (secondary N) is 1. The van der Waals surface area contributed by atoms with Crippen molar-refractivity contribution >= 4 is 17.3 Å². The van der Waals surface area contributed by atoms with Crippen molar-refractivity contribution < 1.29 is 19.0 Å². The molecule has 178 valence electrons. The zero-order chi connectivity index (χ0) is 24.4. The molecule has 0 spiro atoms. The highest BCUT2D eigenvalue weighted by Gasteiger charge is 2.29. The summed E-state index contributed by atoms with van der Waals surface area (Å²) in [7, 11) is 1.48. The van der Waals surface area contributed by atoms with Crippen molar-refractivity contribution in [3.8, 4) is 23.4 Å². The number of amides is 1. The van der Waals surface area contributed by atoms with E-state index in [9.17, 15) is 14.9 Å². The van der Waals surface area contributed by atoms with Gasteiger partial charge in [-0.05, 0) is 24.3 Å². The molecule has 1 saturated heterocycles. The first-order valence-electron chi connectivity index (χ1n) is 11.2. The van der Waals surface area contributed by atoms with E-state index in [1.165, 1.54) is 19.4 Å². The van der Waals surface area contributed by atoms with Gasteiger partial charge >= 0.3 is 0 Å². The van der Waals surface area contributed by atoms with Gasteiger partial charge in [0, 0.05) is 36.9 Å². The van der Waals surface area contributed by atoms with Crippen LogP contribution in [0.1, 0.15) is 22.3 Å². The maximum atomic E-state index is 12.7. The molecule has 3 aromatic rings. The van der Waals surface area contributed by atoms with Crippen LogP contribution in [0.25, 0.3) is 0 Å². The van der Waals surface area contributed by atoms with E-state index in [2.05, 4.69) is 16.0 Å². The van der Waals surface area contributed by atoms with E-state index in [-0.39, 0.29) is 23.5 Å². The summed E-state index contributed by atoms with van der Waals surface area (Å²) in [6.07, 6.45) is 3.64. The minimum absolute atomic E-state index is 0.176. The number of ether oxygens (including phenoxy) is 3. The van der Waals surface area contributed by atoms with Crippen molar-refractivity contribution in [1.82, 2.24) is 14.9 Å². The smallest absolute Gasteiger partial charge is 0.254 e. The van der Waals surface area contributed by atoms with Crippen molar-refractivity contribution in [2.24, 2.45) is 0 Å². The first-order valence-corrected chi connectivity index (χ1v) is 11.2. The largest absolute Gasteiger partial charge is 0.490 e. The van der Waals surface area contributed by atoms with Gasteiger partial charge in [0.05, 0.1) is 37.8 Å². The summed E-state index contributed by atoms with van der Waals surface area (Å²) >= 11 is 0. The molecule has 2 aliphatic heterocycles. The summed E-state index contributed by atoms with van der Waals surface area (Å²) in [6.45, 7) is 2.04. The minimum Gasteiger partial charge on any atom is -0.490 e. The second kappa shape index (κ2) is 9.38. The number of hydrogen-bond donors (Lipinski definition) is 1. The molecule has 0 unspecified atom stereocenters. The van der Waals surface area contributed by atoms with E-state index in [0.29, 0.717) is 55.3 Å². The third-order valence-electron chi connectivity index (χ3n) is 6.01. The molecule has 35 heavy (non-hydrogen) atoms. The highest BCUT2D eigenvalue weighted by Crippen LogP contribution is 2.40. The fourth-order valence-corrected chi connectivity index (χ4v) is 4.33. The molecule has 0 aliphatic carbocycles. The molecule has 5 rings (SSSR count). The molecule has 0 radical (unpaired) electrons. The van der Waals surface area contributed by atoms with E-state index in [1.54, 1.807) is 23.2 Å². The maximum Gasteiger partial charge on any atom is 0.254 e. The summed E-state index contributed by atoms with van der Waals surface area (Å²) in [5.41, 5.74) is 1.96. The van der Waals surface area contributed by atoms with Crippen molar-refractivity contribution in [2.45, 2.75) is 12.5 Å². The number of methoxy groups -OCH3 is 1. The molecule has 0 bridgehead atoms. The van der Waals surface area contributed by atoms with Crippen LogP contribution in [-0.4, -0.2) is 60.2 Å². The summed E-state index contributed by atoms with van der Waals surface area (Å²) in [6, 6.07) is 12.4. The Balaban J connectivity index is 1.33. The predicted molar refractivity (Wildman–Crippen MR) is 126 cm³/mol. The first kappa shape index (κ1) is 22.3. The number of anilines is 2. The number of carbonyl (C=O) groups excluding carboxylic acids is 1. The van der Waals surface area contributed by atoms with Gasteiger partial charge in [-0.2, -0.15) is 5.26 Å². The number of aromatic nitrogens is 2. The summed E-state index contributed by atoms with van der Waals surface area (Å²) in [4.78, 5) is 34.8. The Kier molecular flexibility index (Phi) is 5.97. The topological polar surface area (TPSA) is 121 Å². The second-order valence-electron chi connectivity index (χ2n) is 8.21. The lowest BCUT2D eigenvalue weighted by Gasteiger charge is -2.31. The number of pyridine rings is 2. The fourth-order valence-electron chi connectivity index (χ4n) is 4.33. The number of rotatable bonds is 5. The first-order chi connectivity index (χ1) is 17.1. The standard InChI is InChI=1S/C25H23N5O5/c1-33-24-17(13-26)10-18(14-28-24)30-8-9-34-22-3-2-19(12-21(22)30)35-20-5-7-29(15-20)25(32)16-4-6-27-23(31)11-16/h2-4,6,10-12,14,20H,5,7-9,15H2,1H3,(H,27,31)/t20-/m0/s1. The van der Waals surface area contributed by atoms with Gasteiger partial charge in [0.1, 0.15) is 35.8 Å². The van der Waals surface area contributed by atoms with Gasteiger partial charge in [-0.25, -0.2) is 4.98 Å². The highest BCUT2D eigenvalue weighted by atomic mass is 16.5. The molecule has 1 atom stereocenters. The predicted octanol–water partition coefficient (Wildman–Crippen LogP) is 2.47. The second-order valence-corrected chi connectivity index (χ2v) is 8.21. The van der Waals surface area contributed by atoms with Crippen LogP contribution in [-0.2, 0) is 0 Å². The molecule has 10 nitrogen and oxygen atoms in total. The van der Waals surface area contributed by atoms with Crippen molar-refractivity contribution in [2.75, 3.05) is 38.3 Å². The Morgan fingerprint density at radius 3 is 2.94 bits per heavy atom. The van der Waals surface area contributed by atoms with Crippen LogP contribution in [0.15, 0.2) is 53.6 Å². The lowest BCUT2D eigenvalue weighted by atomic mass is 10.2. The lowest BCUT2D eigenvalue weighted by molar-refractivity contribution is 0.0772. The van der Waals surface area contributed by atoms with Gasteiger partial charge in [0.25, 0.3) is 5.91 Å². The Morgan fingerprint density at radius 1 is 1.26 bits per heavy atom. The molecular formula is C25H23N5O5. The van der Waals surface area contributed by atoms with Gasteiger partial charge in [-0.15, -0.1) is 0 Å². The van der Waals surface area contributed by atoms with Crippen molar-refractivity contribution in [3.05, 3.63) is 70.3 Å². The average molecular weight is 473 g/mol. The number of nitrogens with zero attached hydrogens (tertiary/aromatic N) is 4. The van der Waals surface area contributed by atoms with Gasteiger partial charge in [-0.1, -0.05) is 0 Å². The SMILES string of the molecule is COc1ncc(N2CCOc3ccc(O[C@H]4CCN(C(=O)c5cc[nH]c(=O)c5)C4)cc32)cc1C#N. The number of hydrogen-bond acceptors (Lipinski definition) is 8. The summed E-state index contributed by atoms with van der Waals surface area (Å²) < 4.78 is 17.2. The molecule has 2 aliphatic rings. The molecule has 1 fully saturated rings. The highest BCUT2D eigenvalue weighted by molar-refractivity contribution is 5.94. The van der Waals surface area contributed by atoms with E-state index in [4.69, 9.17) is 14.2 Å². The van der Waals surface area contributed by atoms with Crippen LogP contribution in [0.5, 0.6) is 17.4 Å². The number of fused-ring (bicyclic) bond motifs is 1. The van der Waals surface area contributed by atoms with Crippen LogP contribution in [0.3, 0.4) is 0 Å². The molecule has 1 N–H and O–H groups in total. The van der Waals surface area contributed by atoms with E-state index in [1.807, 2.05) is 23.1 Å². The Hall–Kier alpha value is -4.52. The minimum atomic E-state index is -0.308. The third-order valence-corrected chi connectivity index (χ3v) is 6.01. The fraction of sp³-hybridized carbons (Fsp3) is 0.280. The van der Waals surface area contributed by atoms with Crippen LogP contribution in [0, 0.1) is 11.3 Å². The van der Waals surface area contributed by atoms with Gasteiger partial charge in [-0.3, -0.25) is 9.59 Å². The number of carbonyl (C=O) groups is 1.